The number of nitrogen functional groups attached to an aromatic ring is 1. The van der Waals surface area contributed by atoms with Crippen LogP contribution in [-0.4, -0.2) is 12.1 Å². The number of nitrogens with two attached hydrogens (primary N) is 1. The molecule has 20 heavy (non-hydrogen) atoms. The SMILES string of the molecule is CC(C)(C)OC=O.Cc1ccc(NN)c2ccccc12. The second-order valence-electron chi connectivity index (χ2n) is 5.45. The highest BCUT2D eigenvalue weighted by Crippen LogP contribution is 2.25. The van der Waals surface area contributed by atoms with Crippen LogP contribution < -0.4 is 11.3 Å². The highest BCUT2D eigenvalue weighted by Gasteiger charge is 2.07. The van der Waals surface area contributed by atoms with Gasteiger partial charge in [0.2, 0.25) is 0 Å². The predicted octanol–water partition coefficient (Wildman–Crippen LogP) is 3.39. The van der Waals surface area contributed by atoms with Crippen molar-refractivity contribution in [3.05, 3.63) is 42.0 Å². The molecule has 108 valence electrons. The molecule has 0 atom stereocenters. The minimum absolute atomic E-state index is 0.318. The standard InChI is InChI=1S/C11H12N2.C5H10O2/c1-8-6-7-11(13-12)10-5-3-2-4-9(8)10;1-5(2,3)7-4-6/h2-7,13H,12H2,1H3;4H,1-3H3. The van der Waals surface area contributed by atoms with Crippen LogP contribution in [0.2, 0.25) is 0 Å². The van der Waals surface area contributed by atoms with E-state index >= 15 is 0 Å². The van der Waals surface area contributed by atoms with Gasteiger partial charge in [0.1, 0.15) is 5.60 Å². The Balaban J connectivity index is 0.000000246. The van der Waals surface area contributed by atoms with Gasteiger partial charge in [0.05, 0.1) is 5.69 Å². The minimum Gasteiger partial charge on any atom is -0.462 e. The molecule has 0 aliphatic carbocycles. The summed E-state index contributed by atoms with van der Waals surface area (Å²) in [5.41, 5.74) is 4.63. The van der Waals surface area contributed by atoms with Crippen LogP contribution in [0.25, 0.3) is 10.8 Å². The van der Waals surface area contributed by atoms with Gasteiger partial charge in [-0.2, -0.15) is 0 Å². The van der Waals surface area contributed by atoms with Gasteiger partial charge in [0.25, 0.3) is 6.47 Å². The van der Waals surface area contributed by atoms with Gasteiger partial charge in [0.15, 0.2) is 0 Å². The summed E-state index contributed by atoms with van der Waals surface area (Å²) >= 11 is 0. The molecular weight excluding hydrogens is 252 g/mol. The Morgan fingerprint density at radius 1 is 1.10 bits per heavy atom. The Hall–Kier alpha value is -2.07. The molecule has 0 aliphatic heterocycles. The molecule has 4 nitrogen and oxygen atoms in total. The van der Waals surface area contributed by atoms with Crippen molar-refractivity contribution >= 4 is 22.9 Å². The second-order valence-corrected chi connectivity index (χ2v) is 5.45. The van der Waals surface area contributed by atoms with E-state index in [1.807, 2.05) is 39.0 Å². The number of benzene rings is 2. The number of aryl methyl sites for hydroxylation is 1. The fraction of sp³-hybridized carbons (Fsp3) is 0.312. The molecule has 0 fully saturated rings. The van der Waals surface area contributed by atoms with Gasteiger partial charge >= 0.3 is 0 Å². The van der Waals surface area contributed by atoms with E-state index in [4.69, 9.17) is 5.84 Å². The van der Waals surface area contributed by atoms with E-state index < -0.39 is 0 Å². The monoisotopic (exact) mass is 274 g/mol. The van der Waals surface area contributed by atoms with E-state index in [1.165, 1.54) is 16.3 Å². The van der Waals surface area contributed by atoms with Crippen LogP contribution in [0.4, 0.5) is 5.69 Å². The first-order chi connectivity index (χ1) is 9.39. The third-order valence-corrected chi connectivity index (χ3v) is 2.70. The molecule has 4 heteroatoms. The maximum Gasteiger partial charge on any atom is 0.293 e. The van der Waals surface area contributed by atoms with Crippen LogP contribution >= 0.6 is 0 Å². The van der Waals surface area contributed by atoms with Crippen LogP contribution in [0.3, 0.4) is 0 Å². The van der Waals surface area contributed by atoms with Crippen molar-refractivity contribution in [2.24, 2.45) is 5.84 Å². The highest BCUT2D eigenvalue weighted by atomic mass is 16.5. The average molecular weight is 274 g/mol. The van der Waals surface area contributed by atoms with Crippen molar-refractivity contribution in [2.75, 3.05) is 5.43 Å². The number of carbonyl (C=O) groups is 1. The van der Waals surface area contributed by atoms with E-state index in [0.29, 0.717) is 6.47 Å². The Morgan fingerprint density at radius 2 is 1.70 bits per heavy atom. The summed E-state index contributed by atoms with van der Waals surface area (Å²) in [6.45, 7) is 8.02. The molecule has 3 N–H and O–H groups in total. The smallest absolute Gasteiger partial charge is 0.293 e. The molecule has 2 aromatic rings. The molecule has 0 spiro atoms. The van der Waals surface area contributed by atoms with Crippen molar-refractivity contribution in [3.8, 4) is 0 Å². The number of anilines is 1. The van der Waals surface area contributed by atoms with Gasteiger partial charge in [0, 0.05) is 5.39 Å². The number of nitrogens with one attached hydrogen (secondary N) is 1. The summed E-state index contributed by atoms with van der Waals surface area (Å²) in [7, 11) is 0. The fourth-order valence-corrected chi connectivity index (χ4v) is 1.72. The molecule has 0 amide bonds. The first kappa shape index (κ1) is 16.0. The number of fused-ring (bicyclic) bond motifs is 1. The zero-order valence-corrected chi connectivity index (χ0v) is 12.4. The lowest BCUT2D eigenvalue weighted by Crippen LogP contribution is -2.17. The number of rotatable bonds is 2. The number of carbonyl (C=O) groups excluding carboxylic acids is 1. The fourth-order valence-electron chi connectivity index (χ4n) is 1.72. The summed E-state index contributed by atoms with van der Waals surface area (Å²) in [5, 5.41) is 2.42. The van der Waals surface area contributed by atoms with Gasteiger partial charge < -0.3 is 10.2 Å². The first-order valence-electron chi connectivity index (χ1n) is 6.45. The van der Waals surface area contributed by atoms with Crippen molar-refractivity contribution in [1.29, 1.82) is 0 Å². The van der Waals surface area contributed by atoms with Crippen molar-refractivity contribution in [3.63, 3.8) is 0 Å². The molecular formula is C16H22N2O2. The third-order valence-electron chi connectivity index (χ3n) is 2.70. The average Bonchev–Trinajstić information content (AvgIpc) is 2.39. The lowest BCUT2D eigenvalue weighted by atomic mass is 10.0. The van der Waals surface area contributed by atoms with Crippen LogP contribution in [0.5, 0.6) is 0 Å². The predicted molar refractivity (Wildman–Crippen MR) is 83.4 cm³/mol. The number of hydrazine groups is 1. The van der Waals surface area contributed by atoms with Gasteiger partial charge in [-0.15, -0.1) is 0 Å². The maximum atomic E-state index is 9.60. The number of hydrogen-bond acceptors (Lipinski definition) is 4. The van der Waals surface area contributed by atoms with Gasteiger partial charge in [-0.05, 0) is 44.7 Å². The van der Waals surface area contributed by atoms with Crippen molar-refractivity contribution in [2.45, 2.75) is 33.3 Å². The zero-order chi connectivity index (χ0) is 15.2. The first-order valence-corrected chi connectivity index (χ1v) is 6.45. The molecule has 0 saturated heterocycles. The Morgan fingerprint density at radius 3 is 2.15 bits per heavy atom. The molecule has 0 aromatic heterocycles. The van der Waals surface area contributed by atoms with Gasteiger partial charge in [-0.1, -0.05) is 30.3 Å². The molecule has 0 unspecified atom stereocenters. The molecule has 2 rings (SSSR count). The van der Waals surface area contributed by atoms with Crippen LogP contribution in [0.15, 0.2) is 36.4 Å². The molecule has 0 saturated carbocycles. The molecule has 0 radical (unpaired) electrons. The van der Waals surface area contributed by atoms with Gasteiger partial charge in [-0.25, -0.2) is 0 Å². The van der Waals surface area contributed by atoms with Crippen LogP contribution in [-0.2, 0) is 9.53 Å². The van der Waals surface area contributed by atoms with Crippen LogP contribution in [0.1, 0.15) is 26.3 Å². The van der Waals surface area contributed by atoms with Crippen molar-refractivity contribution < 1.29 is 9.53 Å². The van der Waals surface area contributed by atoms with E-state index in [-0.39, 0.29) is 5.60 Å². The molecule has 0 aliphatic rings. The van der Waals surface area contributed by atoms with E-state index in [0.717, 1.165) is 5.69 Å². The third kappa shape index (κ3) is 4.55. The summed E-state index contributed by atoms with van der Waals surface area (Å²) in [4.78, 5) is 9.60. The van der Waals surface area contributed by atoms with E-state index in [1.54, 1.807) is 0 Å². The quantitative estimate of drug-likeness (QED) is 0.500. The van der Waals surface area contributed by atoms with E-state index in [2.05, 4.69) is 35.3 Å². The molecule has 0 bridgehead atoms. The summed E-state index contributed by atoms with van der Waals surface area (Å²) in [6.07, 6.45) is 0. The normalized spacial score (nSPS) is 10.4. The van der Waals surface area contributed by atoms with Gasteiger partial charge in [-0.3, -0.25) is 10.6 Å². The Labute approximate surface area is 119 Å². The van der Waals surface area contributed by atoms with Crippen molar-refractivity contribution in [1.82, 2.24) is 0 Å². The topological polar surface area (TPSA) is 64.3 Å². The van der Waals surface area contributed by atoms with E-state index in [9.17, 15) is 4.79 Å². The Kier molecular flexibility index (Phi) is 5.53. The summed E-state index contributed by atoms with van der Waals surface area (Å²) < 4.78 is 4.55. The number of ether oxygens (including phenoxy) is 1. The zero-order valence-electron chi connectivity index (χ0n) is 12.4. The molecule has 2 aromatic carbocycles. The Bertz CT molecular complexity index is 574. The largest absolute Gasteiger partial charge is 0.462 e. The summed E-state index contributed by atoms with van der Waals surface area (Å²) in [6, 6.07) is 12.3. The minimum atomic E-state index is -0.318. The summed E-state index contributed by atoms with van der Waals surface area (Å²) in [5.74, 6) is 5.42. The lowest BCUT2D eigenvalue weighted by molar-refractivity contribution is -0.138. The second kappa shape index (κ2) is 6.91. The maximum absolute atomic E-state index is 9.60. The lowest BCUT2D eigenvalue weighted by Gasteiger charge is -2.14. The molecule has 0 heterocycles. The van der Waals surface area contributed by atoms with Crippen LogP contribution in [0, 0.1) is 6.92 Å². The highest BCUT2D eigenvalue weighted by molar-refractivity contribution is 5.95. The number of hydrogen-bond donors (Lipinski definition) is 2.